The third-order valence-electron chi connectivity index (χ3n) is 4.04. The Hall–Kier alpha value is -2.60. The van der Waals surface area contributed by atoms with Crippen molar-refractivity contribution in [3.63, 3.8) is 0 Å². The molecule has 6 heteroatoms. The predicted molar refractivity (Wildman–Crippen MR) is 90.4 cm³/mol. The Labute approximate surface area is 143 Å². The molecule has 0 radical (unpaired) electrons. The lowest BCUT2D eigenvalue weighted by molar-refractivity contribution is -0.137. The SMILES string of the molecule is CN(CC(=O)c1c[nH]c2ccccc12)Cc1ccc(C(F)(F)F)cc1. The van der Waals surface area contributed by atoms with E-state index in [2.05, 4.69) is 4.98 Å². The lowest BCUT2D eigenvalue weighted by atomic mass is 10.1. The van der Waals surface area contributed by atoms with E-state index in [9.17, 15) is 18.0 Å². The Morgan fingerprint density at radius 1 is 1.08 bits per heavy atom. The highest BCUT2D eigenvalue weighted by atomic mass is 19.4. The standard InChI is InChI=1S/C19H17F3N2O/c1-24(11-13-6-8-14(9-7-13)19(20,21)22)12-18(25)16-10-23-17-5-3-2-4-15(16)17/h2-10,23H,11-12H2,1H3. The van der Waals surface area contributed by atoms with Gasteiger partial charge in [0.2, 0.25) is 0 Å². The van der Waals surface area contributed by atoms with Gasteiger partial charge >= 0.3 is 6.18 Å². The van der Waals surface area contributed by atoms with Gasteiger partial charge in [0.05, 0.1) is 12.1 Å². The minimum Gasteiger partial charge on any atom is -0.360 e. The summed E-state index contributed by atoms with van der Waals surface area (Å²) in [6, 6.07) is 12.6. The molecule has 0 saturated carbocycles. The minimum absolute atomic E-state index is 0.0353. The van der Waals surface area contributed by atoms with Gasteiger partial charge in [-0.2, -0.15) is 13.2 Å². The van der Waals surface area contributed by atoms with Crippen LogP contribution in [0.4, 0.5) is 13.2 Å². The van der Waals surface area contributed by atoms with Crippen molar-refractivity contribution in [2.24, 2.45) is 0 Å². The summed E-state index contributed by atoms with van der Waals surface area (Å²) in [5, 5.41) is 0.871. The van der Waals surface area contributed by atoms with Gasteiger partial charge in [-0.1, -0.05) is 30.3 Å². The van der Waals surface area contributed by atoms with Crippen LogP contribution in [0.15, 0.2) is 54.7 Å². The second-order valence-electron chi connectivity index (χ2n) is 6.04. The quantitative estimate of drug-likeness (QED) is 0.691. The fraction of sp³-hybridized carbons (Fsp3) is 0.211. The van der Waals surface area contributed by atoms with Crippen LogP contribution in [0.2, 0.25) is 0 Å². The number of benzene rings is 2. The topological polar surface area (TPSA) is 36.1 Å². The first kappa shape index (κ1) is 17.2. The predicted octanol–water partition coefficient (Wildman–Crippen LogP) is 4.50. The number of hydrogen-bond donors (Lipinski definition) is 1. The molecular weight excluding hydrogens is 329 g/mol. The summed E-state index contributed by atoms with van der Waals surface area (Å²) >= 11 is 0. The molecule has 0 aliphatic heterocycles. The van der Waals surface area contributed by atoms with Gasteiger partial charge in [0, 0.05) is 29.2 Å². The van der Waals surface area contributed by atoms with Crippen LogP contribution in [0, 0.1) is 0 Å². The van der Waals surface area contributed by atoms with Gasteiger partial charge in [-0.25, -0.2) is 0 Å². The number of rotatable bonds is 5. The maximum Gasteiger partial charge on any atom is 0.416 e. The molecular formula is C19H17F3N2O. The van der Waals surface area contributed by atoms with Crippen molar-refractivity contribution in [2.75, 3.05) is 13.6 Å². The van der Waals surface area contributed by atoms with Crippen LogP contribution in [0.1, 0.15) is 21.5 Å². The third-order valence-corrected chi connectivity index (χ3v) is 4.04. The van der Waals surface area contributed by atoms with Crippen molar-refractivity contribution in [1.82, 2.24) is 9.88 Å². The van der Waals surface area contributed by atoms with Crippen molar-refractivity contribution in [3.05, 3.63) is 71.4 Å². The first-order valence-corrected chi connectivity index (χ1v) is 7.78. The number of Topliss-reactive ketones (excluding diaryl/α,β-unsaturated/α-hetero) is 1. The van der Waals surface area contributed by atoms with Crippen LogP contribution in [0.25, 0.3) is 10.9 Å². The van der Waals surface area contributed by atoms with E-state index < -0.39 is 11.7 Å². The highest BCUT2D eigenvalue weighted by Gasteiger charge is 2.29. The van der Waals surface area contributed by atoms with Crippen molar-refractivity contribution in [1.29, 1.82) is 0 Å². The van der Waals surface area contributed by atoms with Gasteiger partial charge in [-0.3, -0.25) is 9.69 Å². The minimum atomic E-state index is -4.34. The van der Waals surface area contributed by atoms with E-state index in [1.165, 1.54) is 12.1 Å². The van der Waals surface area contributed by atoms with Gasteiger partial charge in [0.25, 0.3) is 0 Å². The smallest absolute Gasteiger partial charge is 0.360 e. The van der Waals surface area contributed by atoms with E-state index in [1.807, 2.05) is 24.3 Å². The van der Waals surface area contributed by atoms with Gasteiger partial charge < -0.3 is 4.98 Å². The third kappa shape index (κ3) is 3.91. The Morgan fingerprint density at radius 2 is 1.76 bits per heavy atom. The molecule has 0 atom stereocenters. The summed E-state index contributed by atoms with van der Waals surface area (Å²) in [5.41, 5.74) is 1.57. The number of carbonyl (C=O) groups excluding carboxylic acids is 1. The summed E-state index contributed by atoms with van der Waals surface area (Å²) in [6.07, 6.45) is -2.64. The van der Waals surface area contributed by atoms with Crippen LogP contribution in [0.5, 0.6) is 0 Å². The Morgan fingerprint density at radius 3 is 2.44 bits per heavy atom. The molecule has 1 N–H and O–H groups in total. The second kappa shape index (κ2) is 6.72. The van der Waals surface area contributed by atoms with Crippen molar-refractivity contribution in [3.8, 4) is 0 Å². The first-order chi connectivity index (χ1) is 11.8. The molecule has 0 aliphatic rings. The molecule has 130 valence electrons. The maximum absolute atomic E-state index is 12.6. The molecule has 0 spiro atoms. The Bertz CT molecular complexity index is 882. The summed E-state index contributed by atoms with van der Waals surface area (Å²) in [4.78, 5) is 17.3. The maximum atomic E-state index is 12.6. The summed E-state index contributed by atoms with van der Waals surface area (Å²) in [6.45, 7) is 0.578. The number of nitrogens with zero attached hydrogens (tertiary/aromatic N) is 1. The number of aromatic amines is 1. The number of fused-ring (bicyclic) bond motifs is 1. The highest BCUT2D eigenvalue weighted by Crippen LogP contribution is 2.29. The number of halogens is 3. The van der Waals surface area contributed by atoms with Gasteiger partial charge in [-0.15, -0.1) is 0 Å². The molecule has 3 rings (SSSR count). The summed E-state index contributed by atoms with van der Waals surface area (Å²) in [7, 11) is 1.77. The van der Waals surface area contributed by atoms with Gasteiger partial charge in [0.1, 0.15) is 0 Å². The number of para-hydroxylation sites is 1. The summed E-state index contributed by atoms with van der Waals surface area (Å²) in [5.74, 6) is -0.0353. The van der Waals surface area contributed by atoms with Crippen molar-refractivity contribution in [2.45, 2.75) is 12.7 Å². The van der Waals surface area contributed by atoms with Crippen LogP contribution in [-0.4, -0.2) is 29.3 Å². The molecule has 3 aromatic rings. The zero-order valence-electron chi connectivity index (χ0n) is 13.6. The van der Waals surface area contributed by atoms with E-state index in [-0.39, 0.29) is 12.3 Å². The van der Waals surface area contributed by atoms with E-state index in [0.29, 0.717) is 12.1 Å². The molecule has 25 heavy (non-hydrogen) atoms. The summed E-state index contributed by atoms with van der Waals surface area (Å²) < 4.78 is 37.7. The zero-order valence-corrected chi connectivity index (χ0v) is 13.6. The zero-order chi connectivity index (χ0) is 18.0. The number of nitrogens with one attached hydrogen (secondary N) is 1. The van der Waals surface area contributed by atoms with Crippen LogP contribution < -0.4 is 0 Å². The lowest BCUT2D eigenvalue weighted by Gasteiger charge is -2.16. The van der Waals surface area contributed by atoms with Gasteiger partial charge in [0.15, 0.2) is 5.78 Å². The Balaban J connectivity index is 1.66. The molecule has 0 unspecified atom stereocenters. The molecule has 0 saturated heterocycles. The van der Waals surface area contributed by atoms with Crippen molar-refractivity contribution < 1.29 is 18.0 Å². The molecule has 1 heterocycles. The fourth-order valence-corrected chi connectivity index (χ4v) is 2.80. The number of carbonyl (C=O) groups is 1. The molecule has 0 aliphatic carbocycles. The normalized spacial score (nSPS) is 12.0. The van der Waals surface area contributed by atoms with Crippen LogP contribution >= 0.6 is 0 Å². The van der Waals surface area contributed by atoms with Gasteiger partial charge in [-0.05, 0) is 30.8 Å². The van der Waals surface area contributed by atoms with E-state index >= 15 is 0 Å². The molecule has 1 aromatic heterocycles. The number of alkyl halides is 3. The average molecular weight is 346 g/mol. The molecule has 2 aromatic carbocycles. The van der Waals surface area contributed by atoms with Crippen LogP contribution in [-0.2, 0) is 12.7 Å². The monoisotopic (exact) mass is 346 g/mol. The van der Waals surface area contributed by atoms with E-state index in [0.717, 1.165) is 28.6 Å². The number of ketones is 1. The molecule has 0 fully saturated rings. The fourth-order valence-electron chi connectivity index (χ4n) is 2.80. The first-order valence-electron chi connectivity index (χ1n) is 7.78. The van der Waals surface area contributed by atoms with Crippen molar-refractivity contribution >= 4 is 16.7 Å². The van der Waals surface area contributed by atoms with Crippen LogP contribution in [0.3, 0.4) is 0 Å². The number of hydrogen-bond acceptors (Lipinski definition) is 2. The highest BCUT2D eigenvalue weighted by molar-refractivity contribution is 6.08. The molecule has 0 amide bonds. The van der Waals surface area contributed by atoms with E-state index in [4.69, 9.17) is 0 Å². The average Bonchev–Trinajstić information content (AvgIpc) is 2.98. The number of aromatic nitrogens is 1. The van der Waals surface area contributed by atoms with E-state index in [1.54, 1.807) is 18.1 Å². The second-order valence-corrected chi connectivity index (χ2v) is 6.04. The number of H-pyrrole nitrogens is 1. The lowest BCUT2D eigenvalue weighted by Crippen LogP contribution is -2.25. The Kier molecular flexibility index (Phi) is 4.63. The molecule has 0 bridgehead atoms. The largest absolute Gasteiger partial charge is 0.416 e. The molecule has 3 nitrogen and oxygen atoms in total. The number of likely N-dealkylation sites (N-methyl/N-ethyl adjacent to an activating group) is 1.